The highest BCUT2D eigenvalue weighted by Crippen LogP contribution is 2.18. The first-order valence-corrected chi connectivity index (χ1v) is 7.17. The minimum atomic E-state index is -0.256. The maximum absolute atomic E-state index is 12.9. The van der Waals surface area contributed by atoms with Crippen LogP contribution in [0.1, 0.15) is 22.3 Å². The van der Waals surface area contributed by atoms with Crippen molar-refractivity contribution in [2.24, 2.45) is 5.73 Å². The smallest absolute Gasteiger partial charge is 0.137 e. The Balaban J connectivity index is 2.36. The fourth-order valence-electron chi connectivity index (χ4n) is 2.23. The fourth-order valence-corrected chi connectivity index (χ4v) is 2.23. The van der Waals surface area contributed by atoms with E-state index in [2.05, 4.69) is 5.32 Å². The van der Waals surface area contributed by atoms with Crippen LogP contribution >= 0.6 is 0 Å². The van der Waals surface area contributed by atoms with E-state index in [0.29, 0.717) is 11.4 Å². The average molecular weight is 307 g/mol. The summed E-state index contributed by atoms with van der Waals surface area (Å²) in [6, 6.07) is 14.2. The second-order valence-corrected chi connectivity index (χ2v) is 5.17. The molecule has 0 heterocycles. The van der Waals surface area contributed by atoms with Crippen LogP contribution in [-0.4, -0.2) is 7.05 Å². The summed E-state index contributed by atoms with van der Waals surface area (Å²) in [4.78, 5) is 0. The van der Waals surface area contributed by atoms with E-state index in [4.69, 9.17) is 11.0 Å². The SMILES string of the molecule is CN/C(C#N)=C(\N)c1cc(C)cc(/C=C/c2ccc(F)cc2)c1. The van der Waals surface area contributed by atoms with Crippen molar-refractivity contribution < 1.29 is 4.39 Å². The van der Waals surface area contributed by atoms with E-state index in [-0.39, 0.29) is 5.82 Å². The number of aryl methyl sites for hydroxylation is 1. The normalized spacial score (nSPS) is 11.9. The van der Waals surface area contributed by atoms with Crippen LogP contribution in [-0.2, 0) is 0 Å². The number of hydrogen-bond acceptors (Lipinski definition) is 3. The monoisotopic (exact) mass is 307 g/mol. The van der Waals surface area contributed by atoms with Crippen LogP contribution in [0, 0.1) is 24.1 Å². The zero-order valence-corrected chi connectivity index (χ0v) is 13.1. The Morgan fingerprint density at radius 3 is 2.39 bits per heavy atom. The van der Waals surface area contributed by atoms with E-state index >= 15 is 0 Å². The Hall–Kier alpha value is -3.06. The summed E-state index contributed by atoms with van der Waals surface area (Å²) in [5, 5.41) is 11.9. The first kappa shape index (κ1) is 16.3. The highest BCUT2D eigenvalue weighted by Gasteiger charge is 2.05. The Morgan fingerprint density at radius 2 is 1.78 bits per heavy atom. The van der Waals surface area contributed by atoms with E-state index in [0.717, 1.165) is 22.3 Å². The van der Waals surface area contributed by atoms with Crippen LogP contribution in [0.2, 0.25) is 0 Å². The highest BCUT2D eigenvalue weighted by atomic mass is 19.1. The lowest BCUT2D eigenvalue weighted by atomic mass is 10.0. The molecule has 2 aromatic carbocycles. The minimum absolute atomic E-state index is 0.256. The molecule has 0 aliphatic carbocycles. The Morgan fingerprint density at radius 1 is 1.13 bits per heavy atom. The van der Waals surface area contributed by atoms with Gasteiger partial charge in [0.15, 0.2) is 0 Å². The van der Waals surface area contributed by atoms with Crippen LogP contribution < -0.4 is 11.1 Å². The average Bonchev–Trinajstić information content (AvgIpc) is 2.55. The number of nitrogens with one attached hydrogen (secondary N) is 1. The Kier molecular flexibility index (Phi) is 5.16. The number of nitriles is 1. The second kappa shape index (κ2) is 7.28. The van der Waals surface area contributed by atoms with Crippen molar-refractivity contribution >= 4 is 17.8 Å². The predicted octanol–water partition coefficient (Wildman–Crippen LogP) is 3.67. The molecule has 0 aromatic heterocycles. The fraction of sp³-hybridized carbons (Fsp3) is 0.105. The summed E-state index contributed by atoms with van der Waals surface area (Å²) >= 11 is 0. The third-order valence-corrected chi connectivity index (χ3v) is 3.38. The molecule has 0 amide bonds. The molecule has 0 atom stereocenters. The zero-order chi connectivity index (χ0) is 16.8. The number of rotatable bonds is 4. The number of halogens is 1. The molecule has 2 aromatic rings. The van der Waals surface area contributed by atoms with Gasteiger partial charge in [-0.3, -0.25) is 0 Å². The van der Waals surface area contributed by atoms with Gasteiger partial charge in [0.1, 0.15) is 17.6 Å². The van der Waals surface area contributed by atoms with Crippen molar-refractivity contribution in [3.8, 4) is 6.07 Å². The second-order valence-electron chi connectivity index (χ2n) is 5.17. The van der Waals surface area contributed by atoms with Gasteiger partial charge in [0, 0.05) is 12.6 Å². The standard InChI is InChI=1S/C19H18FN3/c1-13-9-15(4-3-14-5-7-17(20)8-6-14)11-16(10-13)19(22)18(12-21)23-2/h3-11,23H,22H2,1-2H3/b4-3+,19-18-. The van der Waals surface area contributed by atoms with Crippen LogP contribution in [0.25, 0.3) is 17.8 Å². The molecule has 3 nitrogen and oxygen atoms in total. The highest BCUT2D eigenvalue weighted by molar-refractivity contribution is 5.75. The number of nitrogens with zero attached hydrogens (tertiary/aromatic N) is 1. The van der Waals surface area contributed by atoms with Crippen molar-refractivity contribution in [2.45, 2.75) is 6.92 Å². The lowest BCUT2D eigenvalue weighted by Gasteiger charge is -2.08. The van der Waals surface area contributed by atoms with Gasteiger partial charge in [0.25, 0.3) is 0 Å². The lowest BCUT2D eigenvalue weighted by molar-refractivity contribution is 0.628. The van der Waals surface area contributed by atoms with Crippen LogP contribution in [0.15, 0.2) is 48.2 Å². The molecule has 0 fully saturated rings. The van der Waals surface area contributed by atoms with Gasteiger partial charge in [-0.2, -0.15) is 5.26 Å². The molecule has 0 unspecified atom stereocenters. The topological polar surface area (TPSA) is 61.8 Å². The predicted molar refractivity (Wildman–Crippen MR) is 92.3 cm³/mol. The van der Waals surface area contributed by atoms with Gasteiger partial charge in [-0.15, -0.1) is 0 Å². The van der Waals surface area contributed by atoms with Gasteiger partial charge in [-0.25, -0.2) is 4.39 Å². The molecule has 4 heteroatoms. The summed E-state index contributed by atoms with van der Waals surface area (Å²) in [5.41, 5.74) is 10.5. The number of hydrogen-bond donors (Lipinski definition) is 2. The van der Waals surface area contributed by atoms with Gasteiger partial charge in [0.05, 0.1) is 5.70 Å². The Labute approximate surface area is 135 Å². The molecule has 2 rings (SSSR count). The maximum Gasteiger partial charge on any atom is 0.137 e. The summed E-state index contributed by atoms with van der Waals surface area (Å²) < 4.78 is 12.9. The summed E-state index contributed by atoms with van der Waals surface area (Å²) in [5.74, 6) is -0.256. The molecule has 0 saturated carbocycles. The maximum atomic E-state index is 12.9. The van der Waals surface area contributed by atoms with Gasteiger partial charge in [-0.1, -0.05) is 30.4 Å². The third kappa shape index (κ3) is 4.21. The minimum Gasteiger partial charge on any atom is -0.396 e. The van der Waals surface area contributed by atoms with Crippen LogP contribution in [0.3, 0.4) is 0 Å². The van der Waals surface area contributed by atoms with E-state index in [9.17, 15) is 4.39 Å². The number of allylic oxidation sites excluding steroid dienone is 1. The molecule has 0 radical (unpaired) electrons. The van der Waals surface area contributed by atoms with Crippen molar-refractivity contribution in [3.63, 3.8) is 0 Å². The van der Waals surface area contributed by atoms with Gasteiger partial charge in [-0.05, 0) is 47.9 Å². The summed E-state index contributed by atoms with van der Waals surface area (Å²) in [6.07, 6.45) is 3.84. The molecule has 0 spiro atoms. The van der Waals surface area contributed by atoms with E-state index < -0.39 is 0 Å². The quantitative estimate of drug-likeness (QED) is 0.669. The van der Waals surface area contributed by atoms with E-state index in [1.807, 2.05) is 43.3 Å². The van der Waals surface area contributed by atoms with Crippen molar-refractivity contribution in [1.29, 1.82) is 5.26 Å². The molecule has 23 heavy (non-hydrogen) atoms. The van der Waals surface area contributed by atoms with E-state index in [1.54, 1.807) is 19.2 Å². The van der Waals surface area contributed by atoms with Crippen LogP contribution in [0.5, 0.6) is 0 Å². The van der Waals surface area contributed by atoms with Crippen LogP contribution in [0.4, 0.5) is 4.39 Å². The number of nitrogens with two attached hydrogens (primary N) is 1. The summed E-state index contributed by atoms with van der Waals surface area (Å²) in [6.45, 7) is 1.97. The molecule has 116 valence electrons. The molecule has 0 bridgehead atoms. The third-order valence-electron chi connectivity index (χ3n) is 3.38. The van der Waals surface area contributed by atoms with Gasteiger partial charge in [0.2, 0.25) is 0 Å². The largest absolute Gasteiger partial charge is 0.396 e. The molecule has 0 saturated heterocycles. The van der Waals surface area contributed by atoms with Crippen molar-refractivity contribution in [3.05, 3.63) is 76.2 Å². The Bertz CT molecular complexity index is 796. The van der Waals surface area contributed by atoms with Gasteiger partial charge >= 0.3 is 0 Å². The number of benzene rings is 2. The molecule has 0 aliphatic heterocycles. The summed E-state index contributed by atoms with van der Waals surface area (Å²) in [7, 11) is 1.66. The molecular formula is C19H18FN3. The molecular weight excluding hydrogens is 289 g/mol. The zero-order valence-electron chi connectivity index (χ0n) is 13.1. The lowest BCUT2D eigenvalue weighted by Crippen LogP contribution is -2.12. The first-order chi connectivity index (χ1) is 11.0. The van der Waals surface area contributed by atoms with Crippen molar-refractivity contribution in [2.75, 3.05) is 7.05 Å². The first-order valence-electron chi connectivity index (χ1n) is 7.17. The molecule has 3 N–H and O–H groups in total. The van der Waals surface area contributed by atoms with E-state index in [1.165, 1.54) is 12.1 Å². The van der Waals surface area contributed by atoms with Gasteiger partial charge < -0.3 is 11.1 Å². The van der Waals surface area contributed by atoms with Crippen molar-refractivity contribution in [1.82, 2.24) is 5.32 Å². The molecule has 0 aliphatic rings.